The number of fused-ring (bicyclic) bond motifs is 1. The number of aromatic amines is 1. The van der Waals surface area contributed by atoms with Crippen LogP contribution in [-0.2, 0) is 13.0 Å². The minimum absolute atomic E-state index is 0.00110. The number of aromatic nitrogens is 3. The van der Waals surface area contributed by atoms with Gasteiger partial charge in [-0.25, -0.2) is 4.79 Å². The van der Waals surface area contributed by atoms with E-state index in [1.165, 1.54) is 12.8 Å². The maximum absolute atomic E-state index is 12.6. The number of H-pyrrole nitrogens is 1. The fourth-order valence-corrected chi connectivity index (χ4v) is 4.25. The zero-order valence-corrected chi connectivity index (χ0v) is 19.5. The molecular weight excluding hydrogens is 430 g/mol. The number of nitrogens with one attached hydrogen (secondary N) is 6. The summed E-state index contributed by atoms with van der Waals surface area (Å²) in [6.07, 6.45) is 6.04. The van der Waals surface area contributed by atoms with Crippen LogP contribution in [0.1, 0.15) is 30.5 Å². The molecule has 0 spiro atoms. The summed E-state index contributed by atoms with van der Waals surface area (Å²) in [5.74, 6) is -0.00110. The lowest BCUT2D eigenvalue weighted by Crippen LogP contribution is -2.43. The molecular formula is C24H35N9O. The van der Waals surface area contributed by atoms with Gasteiger partial charge in [0.05, 0.1) is 5.69 Å². The van der Waals surface area contributed by atoms with Gasteiger partial charge in [-0.1, -0.05) is 12.1 Å². The van der Waals surface area contributed by atoms with E-state index in [2.05, 4.69) is 37.3 Å². The molecule has 0 aliphatic carbocycles. The highest BCUT2D eigenvalue weighted by Gasteiger charge is 2.12. The van der Waals surface area contributed by atoms with Crippen LogP contribution in [0.25, 0.3) is 16.7 Å². The molecule has 182 valence electrons. The number of benzene rings is 1. The molecule has 3 aromatic rings. The van der Waals surface area contributed by atoms with E-state index < -0.39 is 0 Å². The van der Waals surface area contributed by atoms with Crippen molar-refractivity contribution in [2.45, 2.75) is 38.3 Å². The van der Waals surface area contributed by atoms with Gasteiger partial charge in [-0.05, 0) is 56.1 Å². The van der Waals surface area contributed by atoms with Crippen molar-refractivity contribution >= 4 is 17.0 Å². The first-order valence-electron chi connectivity index (χ1n) is 12.0. The third-order valence-corrected chi connectivity index (χ3v) is 6.08. The largest absolute Gasteiger partial charge is 0.370 e. The Balaban J connectivity index is 1.32. The average molecular weight is 466 g/mol. The number of hydrogen-bond acceptors (Lipinski definition) is 6. The highest BCUT2D eigenvalue weighted by Crippen LogP contribution is 2.15. The maximum Gasteiger partial charge on any atom is 0.354 e. The number of nitrogens with zero attached hydrogens (tertiary/aromatic N) is 2. The van der Waals surface area contributed by atoms with Crippen molar-refractivity contribution in [3.05, 3.63) is 58.3 Å². The molecule has 0 radical (unpaired) electrons. The van der Waals surface area contributed by atoms with Crippen molar-refractivity contribution in [1.82, 2.24) is 35.8 Å². The van der Waals surface area contributed by atoms with Crippen LogP contribution in [0, 0.1) is 5.41 Å². The third kappa shape index (κ3) is 6.66. The first-order valence-corrected chi connectivity index (χ1v) is 12.0. The van der Waals surface area contributed by atoms with Gasteiger partial charge in [-0.2, -0.15) is 4.98 Å². The Morgan fingerprint density at radius 3 is 2.85 bits per heavy atom. The van der Waals surface area contributed by atoms with Crippen LogP contribution in [0.2, 0.25) is 0 Å². The zero-order chi connectivity index (χ0) is 23.8. The summed E-state index contributed by atoms with van der Waals surface area (Å²) >= 11 is 0. The van der Waals surface area contributed by atoms with E-state index in [1.807, 2.05) is 30.5 Å². The van der Waals surface area contributed by atoms with E-state index in [-0.39, 0.29) is 11.6 Å². The quantitative estimate of drug-likeness (QED) is 0.124. The highest BCUT2D eigenvalue weighted by atomic mass is 16.1. The molecule has 34 heavy (non-hydrogen) atoms. The van der Waals surface area contributed by atoms with Gasteiger partial charge in [0, 0.05) is 55.9 Å². The van der Waals surface area contributed by atoms with E-state index in [1.54, 1.807) is 4.57 Å². The van der Waals surface area contributed by atoms with Crippen molar-refractivity contribution in [2.24, 2.45) is 5.73 Å². The Labute approximate surface area is 199 Å². The van der Waals surface area contributed by atoms with Gasteiger partial charge < -0.3 is 32.0 Å². The first kappa shape index (κ1) is 23.9. The molecule has 1 aromatic carbocycles. The Kier molecular flexibility index (Phi) is 8.29. The van der Waals surface area contributed by atoms with Crippen LogP contribution in [0.4, 0.5) is 0 Å². The van der Waals surface area contributed by atoms with Crippen LogP contribution < -0.4 is 32.7 Å². The minimum Gasteiger partial charge on any atom is -0.370 e. The van der Waals surface area contributed by atoms with E-state index in [9.17, 15) is 4.79 Å². The van der Waals surface area contributed by atoms with Gasteiger partial charge >= 0.3 is 5.69 Å². The SMILES string of the molecule is N=C(N)NCCCNCc1ccc(-n2cc3cc(CCN[C@H]4CCCNC4)[nH]c3nc2=O)cc1. The number of guanidine groups is 1. The molecule has 1 saturated heterocycles. The van der Waals surface area contributed by atoms with Crippen molar-refractivity contribution in [3.8, 4) is 5.69 Å². The van der Waals surface area contributed by atoms with Gasteiger partial charge in [-0.15, -0.1) is 0 Å². The standard InChI is InChI=1S/C24H35N9O/c25-23(26)30-11-2-10-27-14-17-4-6-21(7-5-17)33-16-18-13-19(31-22(18)32-24(33)34)8-12-29-20-3-1-9-28-15-20/h4-7,13,16,20,27-29H,1-3,8-12,14-15H2,(H4,25,26,30)(H,31,32,34)/t20-/m0/s1. The molecule has 10 nitrogen and oxygen atoms in total. The topological polar surface area (TPSA) is 149 Å². The van der Waals surface area contributed by atoms with Crippen LogP contribution in [-0.4, -0.2) is 59.3 Å². The number of hydrogen-bond donors (Lipinski definition) is 7. The molecule has 3 heterocycles. The van der Waals surface area contributed by atoms with Crippen LogP contribution in [0.5, 0.6) is 0 Å². The molecule has 1 aliphatic heterocycles. The second-order valence-corrected chi connectivity index (χ2v) is 8.78. The molecule has 0 bridgehead atoms. The highest BCUT2D eigenvalue weighted by molar-refractivity contribution is 5.75. The van der Waals surface area contributed by atoms with Gasteiger partial charge in [-0.3, -0.25) is 9.98 Å². The second kappa shape index (κ2) is 11.8. The summed E-state index contributed by atoms with van der Waals surface area (Å²) in [4.78, 5) is 20.2. The lowest BCUT2D eigenvalue weighted by molar-refractivity contribution is 0.392. The molecule has 2 aromatic heterocycles. The number of piperidine rings is 1. The van der Waals surface area contributed by atoms with E-state index in [0.29, 0.717) is 18.2 Å². The van der Waals surface area contributed by atoms with Crippen molar-refractivity contribution in [3.63, 3.8) is 0 Å². The van der Waals surface area contributed by atoms with Crippen molar-refractivity contribution < 1.29 is 0 Å². The van der Waals surface area contributed by atoms with Gasteiger partial charge in [0.15, 0.2) is 5.96 Å². The third-order valence-electron chi connectivity index (χ3n) is 6.08. The summed E-state index contributed by atoms with van der Waals surface area (Å²) in [5.41, 5.74) is 8.61. The van der Waals surface area contributed by atoms with Crippen LogP contribution in [0.15, 0.2) is 41.3 Å². The summed E-state index contributed by atoms with van der Waals surface area (Å²) in [6, 6.07) is 10.5. The molecule has 1 aliphatic rings. The summed E-state index contributed by atoms with van der Waals surface area (Å²) in [5, 5.41) is 21.2. The molecule has 0 saturated carbocycles. The Morgan fingerprint density at radius 1 is 1.24 bits per heavy atom. The number of nitrogens with two attached hydrogens (primary N) is 1. The van der Waals surface area contributed by atoms with Crippen molar-refractivity contribution in [1.29, 1.82) is 5.41 Å². The maximum atomic E-state index is 12.6. The van der Waals surface area contributed by atoms with Crippen LogP contribution >= 0.6 is 0 Å². The first-order chi connectivity index (χ1) is 16.6. The Bertz CT molecular complexity index is 1130. The van der Waals surface area contributed by atoms with Gasteiger partial charge in [0.2, 0.25) is 0 Å². The minimum atomic E-state index is -0.295. The Morgan fingerprint density at radius 2 is 2.09 bits per heavy atom. The molecule has 10 heteroatoms. The molecule has 8 N–H and O–H groups in total. The normalized spacial score (nSPS) is 16.1. The zero-order valence-electron chi connectivity index (χ0n) is 19.5. The summed E-state index contributed by atoms with van der Waals surface area (Å²) in [7, 11) is 0. The van der Waals surface area contributed by atoms with E-state index in [0.717, 1.165) is 67.9 Å². The average Bonchev–Trinajstić information content (AvgIpc) is 3.23. The molecule has 0 unspecified atom stereocenters. The van der Waals surface area contributed by atoms with Crippen LogP contribution in [0.3, 0.4) is 0 Å². The fourth-order valence-electron chi connectivity index (χ4n) is 4.25. The Hall–Kier alpha value is -3.21. The van der Waals surface area contributed by atoms with E-state index >= 15 is 0 Å². The fraction of sp³-hybridized carbons (Fsp3) is 0.458. The molecule has 0 amide bonds. The lowest BCUT2D eigenvalue weighted by Gasteiger charge is -2.23. The second-order valence-electron chi connectivity index (χ2n) is 8.78. The predicted octanol–water partition coefficient (Wildman–Crippen LogP) is 0.561. The molecule has 4 rings (SSSR count). The van der Waals surface area contributed by atoms with Crippen molar-refractivity contribution in [2.75, 3.05) is 32.7 Å². The summed E-state index contributed by atoms with van der Waals surface area (Å²) < 4.78 is 1.59. The number of rotatable bonds is 11. The van der Waals surface area contributed by atoms with E-state index in [4.69, 9.17) is 11.1 Å². The van der Waals surface area contributed by atoms with Gasteiger partial charge in [0.1, 0.15) is 5.65 Å². The van der Waals surface area contributed by atoms with Gasteiger partial charge in [0.25, 0.3) is 0 Å². The molecule has 1 atom stereocenters. The predicted molar refractivity (Wildman–Crippen MR) is 136 cm³/mol. The lowest BCUT2D eigenvalue weighted by atomic mass is 10.1. The monoisotopic (exact) mass is 465 g/mol. The summed E-state index contributed by atoms with van der Waals surface area (Å²) in [6.45, 7) is 5.27. The smallest absolute Gasteiger partial charge is 0.354 e. The molecule has 1 fully saturated rings.